The average Bonchev–Trinajstić information content (AvgIpc) is 3.10. The van der Waals surface area contributed by atoms with Gasteiger partial charge in [-0.25, -0.2) is 14.4 Å². The summed E-state index contributed by atoms with van der Waals surface area (Å²) in [7, 11) is 1.81. The van der Waals surface area contributed by atoms with E-state index in [0.717, 1.165) is 36.6 Å². The van der Waals surface area contributed by atoms with E-state index in [1.54, 1.807) is 13.0 Å². The summed E-state index contributed by atoms with van der Waals surface area (Å²) in [6.45, 7) is 3.18. The smallest absolute Gasteiger partial charge is 0.251 e. The predicted octanol–water partition coefficient (Wildman–Crippen LogP) is 2.36. The topological polar surface area (TPSA) is 70.2 Å². The number of amides is 1. The third kappa shape index (κ3) is 3.87. The van der Waals surface area contributed by atoms with Crippen molar-refractivity contribution in [2.75, 3.05) is 30.4 Å². The van der Waals surface area contributed by atoms with Crippen LogP contribution in [0.15, 0.2) is 30.6 Å². The number of halogens is 1. The van der Waals surface area contributed by atoms with Crippen molar-refractivity contribution in [2.45, 2.75) is 25.8 Å². The van der Waals surface area contributed by atoms with Gasteiger partial charge in [-0.2, -0.15) is 0 Å². The van der Waals surface area contributed by atoms with Crippen molar-refractivity contribution < 1.29 is 9.18 Å². The van der Waals surface area contributed by atoms with Crippen molar-refractivity contribution >= 4 is 17.5 Å². The number of benzene rings is 1. The van der Waals surface area contributed by atoms with Gasteiger partial charge in [-0.15, -0.1) is 0 Å². The van der Waals surface area contributed by atoms with E-state index < -0.39 is 5.82 Å². The van der Waals surface area contributed by atoms with E-state index in [1.807, 2.05) is 13.1 Å². The summed E-state index contributed by atoms with van der Waals surface area (Å²) >= 11 is 0. The van der Waals surface area contributed by atoms with Crippen LogP contribution in [-0.2, 0) is 0 Å². The van der Waals surface area contributed by atoms with Gasteiger partial charge in [0.2, 0.25) is 0 Å². The fraction of sp³-hybridized carbons (Fsp3) is 0.389. The minimum absolute atomic E-state index is 0.164. The Kier molecular flexibility index (Phi) is 5.11. The Labute approximate surface area is 146 Å². The van der Waals surface area contributed by atoms with Crippen LogP contribution in [0.25, 0.3) is 0 Å². The van der Waals surface area contributed by atoms with E-state index in [-0.39, 0.29) is 11.9 Å². The molecular weight excluding hydrogens is 321 g/mol. The summed E-state index contributed by atoms with van der Waals surface area (Å²) in [5.74, 6) is 0.953. The first-order valence-corrected chi connectivity index (χ1v) is 8.39. The molecule has 0 saturated carbocycles. The number of hydrogen-bond donors (Lipinski definition) is 2. The summed E-state index contributed by atoms with van der Waals surface area (Å²) in [6, 6.07) is 6.32. The van der Waals surface area contributed by atoms with Crippen LogP contribution in [0.5, 0.6) is 0 Å². The molecule has 2 N–H and O–H groups in total. The number of anilines is 2. The Hall–Kier alpha value is -2.70. The lowest BCUT2D eigenvalue weighted by Gasteiger charge is -2.26. The Morgan fingerprint density at radius 1 is 1.36 bits per heavy atom. The summed E-state index contributed by atoms with van der Waals surface area (Å²) in [6.07, 6.45) is 3.55. The van der Waals surface area contributed by atoms with Crippen molar-refractivity contribution in [1.29, 1.82) is 0 Å². The third-order valence-corrected chi connectivity index (χ3v) is 4.52. The summed E-state index contributed by atoms with van der Waals surface area (Å²) < 4.78 is 13.4. The normalized spacial score (nSPS) is 16.8. The molecule has 2 aromatic rings. The molecule has 1 atom stereocenters. The highest BCUT2D eigenvalue weighted by atomic mass is 19.1. The lowest BCUT2D eigenvalue weighted by Crippen LogP contribution is -2.40. The minimum atomic E-state index is -0.404. The van der Waals surface area contributed by atoms with Gasteiger partial charge in [0.15, 0.2) is 0 Å². The molecule has 1 aromatic carbocycles. The third-order valence-electron chi connectivity index (χ3n) is 4.52. The molecule has 1 saturated heterocycles. The molecule has 1 aromatic heterocycles. The van der Waals surface area contributed by atoms with Gasteiger partial charge < -0.3 is 15.5 Å². The number of nitrogens with zero attached hydrogens (tertiary/aromatic N) is 3. The van der Waals surface area contributed by atoms with E-state index in [9.17, 15) is 9.18 Å². The number of nitrogens with one attached hydrogen (secondary N) is 2. The highest BCUT2D eigenvalue weighted by molar-refractivity contribution is 5.95. The lowest BCUT2D eigenvalue weighted by molar-refractivity contribution is 0.0950. The Morgan fingerprint density at radius 3 is 3.00 bits per heavy atom. The van der Waals surface area contributed by atoms with Crippen molar-refractivity contribution in [3.63, 3.8) is 0 Å². The largest absolute Gasteiger partial charge is 0.373 e. The second kappa shape index (κ2) is 7.46. The maximum atomic E-state index is 13.4. The van der Waals surface area contributed by atoms with Gasteiger partial charge in [-0.1, -0.05) is 6.07 Å². The van der Waals surface area contributed by atoms with Gasteiger partial charge in [0.05, 0.1) is 0 Å². The highest BCUT2D eigenvalue weighted by Gasteiger charge is 2.26. The minimum Gasteiger partial charge on any atom is -0.373 e. The van der Waals surface area contributed by atoms with Crippen molar-refractivity contribution in [3.8, 4) is 0 Å². The van der Waals surface area contributed by atoms with Gasteiger partial charge in [-0.3, -0.25) is 4.79 Å². The lowest BCUT2D eigenvalue weighted by atomic mass is 10.1. The SMILES string of the molecule is CNc1cc(N2CCCC2CNC(=O)c2cc(F)ccc2C)ncn1. The fourth-order valence-corrected chi connectivity index (χ4v) is 3.13. The number of aromatic nitrogens is 2. The van der Waals surface area contributed by atoms with E-state index >= 15 is 0 Å². The van der Waals surface area contributed by atoms with Crippen LogP contribution in [0.2, 0.25) is 0 Å². The van der Waals surface area contributed by atoms with Crippen LogP contribution in [0, 0.1) is 12.7 Å². The van der Waals surface area contributed by atoms with Gasteiger partial charge in [0, 0.05) is 37.8 Å². The molecule has 1 amide bonds. The maximum Gasteiger partial charge on any atom is 0.251 e. The first kappa shape index (κ1) is 17.1. The molecule has 2 heterocycles. The van der Waals surface area contributed by atoms with E-state index in [0.29, 0.717) is 12.1 Å². The van der Waals surface area contributed by atoms with E-state index in [2.05, 4.69) is 25.5 Å². The standard InChI is InChI=1S/C18H22FN5O/c1-12-5-6-13(19)8-15(12)18(25)21-10-14-4-3-7-24(14)17-9-16(20-2)22-11-23-17/h5-6,8-9,11,14H,3-4,7,10H2,1-2H3,(H,21,25)(H,20,22,23). The Morgan fingerprint density at radius 2 is 2.20 bits per heavy atom. The zero-order valence-corrected chi connectivity index (χ0v) is 14.4. The molecule has 0 radical (unpaired) electrons. The van der Waals surface area contributed by atoms with Crippen molar-refractivity contribution in [1.82, 2.24) is 15.3 Å². The first-order valence-electron chi connectivity index (χ1n) is 8.39. The first-order chi connectivity index (χ1) is 12.1. The van der Waals surface area contributed by atoms with Gasteiger partial charge in [-0.05, 0) is 37.5 Å². The quantitative estimate of drug-likeness (QED) is 0.872. The molecule has 0 bridgehead atoms. The van der Waals surface area contributed by atoms with E-state index in [1.165, 1.54) is 18.5 Å². The van der Waals surface area contributed by atoms with Gasteiger partial charge in [0.25, 0.3) is 5.91 Å². The monoisotopic (exact) mass is 343 g/mol. The second-order valence-corrected chi connectivity index (χ2v) is 6.17. The summed E-state index contributed by atoms with van der Waals surface area (Å²) in [5.41, 5.74) is 1.14. The fourth-order valence-electron chi connectivity index (χ4n) is 3.13. The zero-order valence-electron chi connectivity index (χ0n) is 14.4. The molecule has 1 aliphatic rings. The molecular formula is C18H22FN5O. The molecule has 0 aliphatic carbocycles. The number of aryl methyl sites for hydroxylation is 1. The van der Waals surface area contributed by atoms with Crippen LogP contribution in [0.4, 0.5) is 16.0 Å². The Balaban J connectivity index is 1.67. The van der Waals surface area contributed by atoms with Gasteiger partial charge in [0.1, 0.15) is 23.8 Å². The van der Waals surface area contributed by atoms with Crippen LogP contribution < -0.4 is 15.5 Å². The molecule has 6 nitrogen and oxygen atoms in total. The number of rotatable bonds is 5. The van der Waals surface area contributed by atoms with Crippen LogP contribution in [0.3, 0.4) is 0 Å². The van der Waals surface area contributed by atoms with Crippen LogP contribution in [-0.4, -0.2) is 42.1 Å². The molecule has 3 rings (SSSR count). The second-order valence-electron chi connectivity index (χ2n) is 6.17. The van der Waals surface area contributed by atoms with E-state index in [4.69, 9.17) is 0 Å². The number of carbonyl (C=O) groups is 1. The summed E-state index contributed by atoms with van der Waals surface area (Å²) in [4.78, 5) is 23.0. The molecule has 1 unspecified atom stereocenters. The molecule has 1 fully saturated rings. The van der Waals surface area contributed by atoms with Gasteiger partial charge >= 0.3 is 0 Å². The molecule has 132 valence electrons. The Bertz CT molecular complexity index is 767. The molecule has 7 heteroatoms. The van der Waals surface area contributed by atoms with Crippen LogP contribution >= 0.6 is 0 Å². The van der Waals surface area contributed by atoms with Crippen LogP contribution in [0.1, 0.15) is 28.8 Å². The average molecular weight is 343 g/mol. The molecule has 1 aliphatic heterocycles. The van der Waals surface area contributed by atoms with Crippen molar-refractivity contribution in [3.05, 3.63) is 47.5 Å². The molecule has 25 heavy (non-hydrogen) atoms. The van der Waals surface area contributed by atoms with Crippen molar-refractivity contribution in [2.24, 2.45) is 0 Å². The predicted molar refractivity (Wildman–Crippen MR) is 95.4 cm³/mol. The number of hydrogen-bond acceptors (Lipinski definition) is 5. The number of carbonyl (C=O) groups excluding carboxylic acids is 1. The summed E-state index contributed by atoms with van der Waals surface area (Å²) in [5, 5.41) is 5.94. The maximum absolute atomic E-state index is 13.4. The zero-order chi connectivity index (χ0) is 17.8. The molecule has 0 spiro atoms. The highest BCUT2D eigenvalue weighted by Crippen LogP contribution is 2.24.